The molecule has 0 saturated heterocycles. The Hall–Kier alpha value is -2.16. The molecule has 20 heavy (non-hydrogen) atoms. The van der Waals surface area contributed by atoms with Crippen LogP contribution >= 0.6 is 0 Å². The topological polar surface area (TPSA) is 41.3 Å². The molecule has 2 aromatic carbocycles. The lowest BCUT2D eigenvalue weighted by Gasteiger charge is -2.21. The Morgan fingerprint density at radius 1 is 0.900 bits per heavy atom. The summed E-state index contributed by atoms with van der Waals surface area (Å²) < 4.78 is 0. The van der Waals surface area contributed by atoms with E-state index in [1.165, 1.54) is 11.3 Å². The molecule has 0 fully saturated rings. The van der Waals surface area contributed by atoms with Crippen LogP contribution < -0.4 is 16.0 Å². The summed E-state index contributed by atoms with van der Waals surface area (Å²) in [4.78, 5) is 2.34. The van der Waals surface area contributed by atoms with Crippen LogP contribution in [0, 0.1) is 0 Å². The fourth-order valence-corrected chi connectivity index (χ4v) is 2.22. The second-order valence-electron chi connectivity index (χ2n) is 4.81. The van der Waals surface area contributed by atoms with Gasteiger partial charge in [0.25, 0.3) is 0 Å². The van der Waals surface area contributed by atoms with E-state index in [2.05, 4.69) is 48.3 Å². The van der Waals surface area contributed by atoms with Crippen LogP contribution in [0.5, 0.6) is 0 Å². The minimum atomic E-state index is 0.791. The van der Waals surface area contributed by atoms with Crippen molar-refractivity contribution in [2.24, 2.45) is 0 Å². The zero-order valence-electron chi connectivity index (χ0n) is 12.3. The van der Waals surface area contributed by atoms with E-state index in [0.29, 0.717) is 0 Å². The molecule has 3 N–H and O–H groups in total. The largest absolute Gasteiger partial charge is 0.399 e. The van der Waals surface area contributed by atoms with Crippen LogP contribution in [0.1, 0.15) is 19.4 Å². The fraction of sp³-hybridized carbons (Fsp3) is 0.294. The molecule has 106 valence electrons. The molecule has 0 saturated carbocycles. The van der Waals surface area contributed by atoms with E-state index >= 15 is 0 Å². The molecule has 3 heteroatoms. The molecule has 0 spiro atoms. The number of nitrogens with zero attached hydrogens (tertiary/aromatic N) is 1. The molecule has 0 amide bonds. The summed E-state index contributed by atoms with van der Waals surface area (Å²) in [6, 6.07) is 16.5. The van der Waals surface area contributed by atoms with Crippen molar-refractivity contribution in [3.63, 3.8) is 0 Å². The first-order valence-corrected chi connectivity index (χ1v) is 7.16. The number of rotatable bonds is 6. The number of nitrogen functional groups attached to an aromatic ring is 1. The van der Waals surface area contributed by atoms with Crippen molar-refractivity contribution in [1.29, 1.82) is 0 Å². The number of nitrogens with two attached hydrogens (primary N) is 1. The number of nitrogens with one attached hydrogen (secondary N) is 1. The fourth-order valence-electron chi connectivity index (χ4n) is 2.22. The van der Waals surface area contributed by atoms with E-state index in [4.69, 9.17) is 5.73 Å². The first-order valence-electron chi connectivity index (χ1n) is 7.16. The summed E-state index contributed by atoms with van der Waals surface area (Å²) in [5.41, 5.74) is 10.1. The number of benzene rings is 2. The lowest BCUT2D eigenvalue weighted by molar-refractivity contribution is 0.865. The van der Waals surface area contributed by atoms with Gasteiger partial charge < -0.3 is 16.0 Å². The van der Waals surface area contributed by atoms with Gasteiger partial charge in [0.2, 0.25) is 0 Å². The van der Waals surface area contributed by atoms with Crippen molar-refractivity contribution < 1.29 is 0 Å². The van der Waals surface area contributed by atoms with Gasteiger partial charge in [0, 0.05) is 36.7 Å². The van der Waals surface area contributed by atoms with Crippen LogP contribution in [0.25, 0.3) is 0 Å². The van der Waals surface area contributed by atoms with Crippen LogP contribution in [0.15, 0.2) is 48.5 Å². The van der Waals surface area contributed by atoms with Gasteiger partial charge in [-0.15, -0.1) is 0 Å². The summed E-state index contributed by atoms with van der Waals surface area (Å²) in [6.07, 6.45) is 0. The maximum Gasteiger partial charge on any atom is 0.0400 e. The summed E-state index contributed by atoms with van der Waals surface area (Å²) in [7, 11) is 0. The predicted molar refractivity (Wildman–Crippen MR) is 88.2 cm³/mol. The smallest absolute Gasteiger partial charge is 0.0400 e. The lowest BCUT2D eigenvalue weighted by Crippen LogP contribution is -2.21. The Kier molecular flexibility index (Phi) is 4.88. The van der Waals surface area contributed by atoms with E-state index in [1.807, 2.05) is 24.3 Å². The van der Waals surface area contributed by atoms with Crippen molar-refractivity contribution in [2.45, 2.75) is 20.4 Å². The third-order valence-electron chi connectivity index (χ3n) is 3.47. The molecule has 0 bridgehead atoms. The van der Waals surface area contributed by atoms with E-state index in [9.17, 15) is 0 Å². The minimum absolute atomic E-state index is 0.791. The summed E-state index contributed by atoms with van der Waals surface area (Å²) in [5.74, 6) is 0. The SMILES string of the molecule is CCN(CC)c1ccc(CNc2ccc(N)cc2)cc1. The van der Waals surface area contributed by atoms with Gasteiger partial charge in [-0.3, -0.25) is 0 Å². The predicted octanol–water partition coefficient (Wildman–Crippen LogP) is 3.73. The third kappa shape index (κ3) is 3.67. The molecule has 0 unspecified atom stereocenters. The molecule has 2 aromatic rings. The Bertz CT molecular complexity index is 513. The van der Waals surface area contributed by atoms with E-state index < -0.39 is 0 Å². The highest BCUT2D eigenvalue weighted by Crippen LogP contribution is 2.16. The van der Waals surface area contributed by atoms with Gasteiger partial charge in [-0.05, 0) is 55.8 Å². The van der Waals surface area contributed by atoms with Crippen LogP contribution in [-0.4, -0.2) is 13.1 Å². The highest BCUT2D eigenvalue weighted by atomic mass is 15.1. The third-order valence-corrected chi connectivity index (χ3v) is 3.47. The van der Waals surface area contributed by atoms with Gasteiger partial charge in [-0.1, -0.05) is 12.1 Å². The molecule has 0 atom stereocenters. The average Bonchev–Trinajstić information content (AvgIpc) is 2.49. The Morgan fingerprint density at radius 2 is 1.50 bits per heavy atom. The number of hydrogen-bond donors (Lipinski definition) is 2. The van der Waals surface area contributed by atoms with Crippen LogP contribution in [0.2, 0.25) is 0 Å². The monoisotopic (exact) mass is 269 g/mol. The van der Waals surface area contributed by atoms with Crippen molar-refractivity contribution in [2.75, 3.05) is 29.0 Å². The summed E-state index contributed by atoms with van der Waals surface area (Å²) in [5, 5.41) is 3.40. The Labute approximate surface area is 121 Å². The first-order chi connectivity index (χ1) is 9.72. The molecule has 0 aromatic heterocycles. The molecule has 0 aliphatic rings. The lowest BCUT2D eigenvalue weighted by atomic mass is 10.2. The second-order valence-corrected chi connectivity index (χ2v) is 4.81. The van der Waals surface area contributed by atoms with Crippen molar-refractivity contribution in [3.8, 4) is 0 Å². The molecule has 0 aliphatic heterocycles. The zero-order chi connectivity index (χ0) is 14.4. The summed E-state index contributed by atoms with van der Waals surface area (Å²) in [6.45, 7) is 7.27. The number of anilines is 3. The first kappa shape index (κ1) is 14.3. The molecular weight excluding hydrogens is 246 g/mol. The van der Waals surface area contributed by atoms with Crippen molar-refractivity contribution in [1.82, 2.24) is 0 Å². The van der Waals surface area contributed by atoms with Gasteiger partial charge in [0.15, 0.2) is 0 Å². The molecule has 0 radical (unpaired) electrons. The van der Waals surface area contributed by atoms with Gasteiger partial charge >= 0.3 is 0 Å². The zero-order valence-corrected chi connectivity index (χ0v) is 12.3. The maximum absolute atomic E-state index is 5.67. The molecule has 0 aliphatic carbocycles. The number of hydrogen-bond acceptors (Lipinski definition) is 3. The molecule has 2 rings (SSSR count). The Morgan fingerprint density at radius 3 is 2.05 bits per heavy atom. The van der Waals surface area contributed by atoms with E-state index in [0.717, 1.165) is 31.0 Å². The van der Waals surface area contributed by atoms with Gasteiger partial charge in [-0.2, -0.15) is 0 Å². The van der Waals surface area contributed by atoms with Crippen molar-refractivity contribution >= 4 is 17.1 Å². The average molecular weight is 269 g/mol. The Balaban J connectivity index is 1.95. The van der Waals surface area contributed by atoms with Gasteiger partial charge in [0.05, 0.1) is 0 Å². The second kappa shape index (κ2) is 6.85. The van der Waals surface area contributed by atoms with Crippen LogP contribution in [-0.2, 0) is 6.54 Å². The molecule has 0 heterocycles. The summed E-state index contributed by atoms with van der Waals surface area (Å²) >= 11 is 0. The minimum Gasteiger partial charge on any atom is -0.399 e. The van der Waals surface area contributed by atoms with Gasteiger partial charge in [-0.25, -0.2) is 0 Å². The van der Waals surface area contributed by atoms with Crippen LogP contribution in [0.4, 0.5) is 17.1 Å². The standard InChI is InChI=1S/C17H23N3/c1-3-20(4-2)17-11-5-14(6-12-17)13-19-16-9-7-15(18)8-10-16/h5-12,19H,3-4,13,18H2,1-2H3. The highest BCUT2D eigenvalue weighted by molar-refractivity contribution is 5.52. The van der Waals surface area contributed by atoms with Crippen molar-refractivity contribution in [3.05, 3.63) is 54.1 Å². The quantitative estimate of drug-likeness (QED) is 0.785. The van der Waals surface area contributed by atoms with E-state index in [1.54, 1.807) is 0 Å². The van der Waals surface area contributed by atoms with Gasteiger partial charge in [0.1, 0.15) is 0 Å². The highest BCUT2D eigenvalue weighted by Gasteiger charge is 2.01. The molecular formula is C17H23N3. The van der Waals surface area contributed by atoms with E-state index in [-0.39, 0.29) is 0 Å². The maximum atomic E-state index is 5.67. The normalized spacial score (nSPS) is 10.3. The molecule has 3 nitrogen and oxygen atoms in total. The van der Waals surface area contributed by atoms with Crippen LogP contribution in [0.3, 0.4) is 0 Å².